The molecule has 0 aliphatic carbocycles. The standard InChI is InChI=1S/C21H28N4O4.CH4O/c1-13-10-24(11-14(2)25(13)20(27)29-21(3,4)5)17-8-7-15(12-26)18-16(17)9-22-19(23-18)28-6;1-2/h7-9,12-14H,10-11H2,1-6H3;2H,1H3. The molecule has 1 amide bonds. The van der Waals surface area contributed by atoms with Crippen molar-refractivity contribution >= 4 is 29.0 Å². The number of aromatic nitrogens is 2. The van der Waals surface area contributed by atoms with Crippen LogP contribution in [0.2, 0.25) is 0 Å². The van der Waals surface area contributed by atoms with E-state index in [4.69, 9.17) is 14.6 Å². The quantitative estimate of drug-likeness (QED) is 0.738. The van der Waals surface area contributed by atoms with E-state index in [9.17, 15) is 9.59 Å². The first-order valence-corrected chi connectivity index (χ1v) is 10.1. The lowest BCUT2D eigenvalue weighted by Gasteiger charge is -2.45. The number of benzene rings is 1. The summed E-state index contributed by atoms with van der Waals surface area (Å²) in [5, 5.41) is 7.78. The van der Waals surface area contributed by atoms with Crippen LogP contribution < -0.4 is 9.64 Å². The van der Waals surface area contributed by atoms with Gasteiger partial charge in [-0.05, 0) is 46.8 Å². The van der Waals surface area contributed by atoms with Crippen molar-refractivity contribution < 1.29 is 24.2 Å². The number of nitrogens with zero attached hydrogens (tertiary/aromatic N) is 4. The van der Waals surface area contributed by atoms with Crippen molar-refractivity contribution in [1.29, 1.82) is 0 Å². The Bertz CT molecular complexity index is 916. The Kier molecular flexibility index (Phi) is 7.78. The highest BCUT2D eigenvalue weighted by Gasteiger charge is 2.36. The van der Waals surface area contributed by atoms with Crippen LogP contribution >= 0.6 is 0 Å². The van der Waals surface area contributed by atoms with Gasteiger partial charge in [0.15, 0.2) is 6.29 Å². The van der Waals surface area contributed by atoms with Gasteiger partial charge in [-0.3, -0.25) is 9.69 Å². The van der Waals surface area contributed by atoms with Crippen LogP contribution in [0, 0.1) is 0 Å². The second-order valence-corrected chi connectivity index (χ2v) is 8.40. The zero-order chi connectivity index (χ0) is 23.3. The summed E-state index contributed by atoms with van der Waals surface area (Å²) in [7, 11) is 2.49. The van der Waals surface area contributed by atoms with Crippen LogP contribution in [0.5, 0.6) is 6.01 Å². The number of aliphatic hydroxyl groups is 1. The maximum Gasteiger partial charge on any atom is 0.410 e. The Balaban J connectivity index is 0.00000166. The zero-order valence-electron chi connectivity index (χ0n) is 19.2. The molecule has 1 aliphatic heterocycles. The minimum Gasteiger partial charge on any atom is -0.467 e. The van der Waals surface area contributed by atoms with Crippen molar-refractivity contribution in [2.75, 3.05) is 32.2 Å². The van der Waals surface area contributed by atoms with E-state index in [1.807, 2.05) is 40.7 Å². The van der Waals surface area contributed by atoms with Crippen LogP contribution in [0.4, 0.5) is 10.5 Å². The van der Waals surface area contributed by atoms with E-state index >= 15 is 0 Å². The van der Waals surface area contributed by atoms with Gasteiger partial charge in [0, 0.05) is 43.0 Å². The first kappa shape index (κ1) is 24.3. The highest BCUT2D eigenvalue weighted by Crippen LogP contribution is 2.31. The van der Waals surface area contributed by atoms with Gasteiger partial charge in [0.05, 0.1) is 24.7 Å². The summed E-state index contributed by atoms with van der Waals surface area (Å²) < 4.78 is 10.7. The molecule has 0 bridgehead atoms. The summed E-state index contributed by atoms with van der Waals surface area (Å²) in [5.74, 6) is 0. The van der Waals surface area contributed by atoms with Crippen molar-refractivity contribution in [3.63, 3.8) is 0 Å². The monoisotopic (exact) mass is 432 g/mol. The average molecular weight is 433 g/mol. The normalized spacial score (nSPS) is 18.8. The molecule has 1 aromatic carbocycles. The molecule has 2 unspecified atom stereocenters. The summed E-state index contributed by atoms with van der Waals surface area (Å²) in [6, 6.07) is 3.79. The van der Waals surface area contributed by atoms with Gasteiger partial charge in [-0.25, -0.2) is 9.78 Å². The van der Waals surface area contributed by atoms with Gasteiger partial charge >= 0.3 is 12.1 Å². The Morgan fingerprint density at radius 1 is 1.19 bits per heavy atom. The van der Waals surface area contributed by atoms with Gasteiger partial charge in [0.1, 0.15) is 5.60 Å². The number of amides is 1. The number of methoxy groups -OCH3 is 1. The number of carbonyl (C=O) groups is 2. The maximum absolute atomic E-state index is 12.7. The van der Waals surface area contributed by atoms with Gasteiger partial charge in [0.25, 0.3) is 0 Å². The maximum atomic E-state index is 12.7. The number of hydrogen-bond acceptors (Lipinski definition) is 8. The molecule has 2 aromatic rings. The number of rotatable bonds is 3. The molecule has 2 atom stereocenters. The molecule has 0 spiro atoms. The van der Waals surface area contributed by atoms with E-state index in [0.717, 1.165) is 24.5 Å². The lowest BCUT2D eigenvalue weighted by molar-refractivity contribution is 0.00567. The molecule has 0 radical (unpaired) electrons. The van der Waals surface area contributed by atoms with Gasteiger partial charge in [-0.15, -0.1) is 0 Å². The Morgan fingerprint density at radius 3 is 2.32 bits per heavy atom. The predicted octanol–water partition coefficient (Wildman–Crippen LogP) is 2.89. The van der Waals surface area contributed by atoms with Crippen molar-refractivity contribution in [2.24, 2.45) is 0 Å². The number of anilines is 1. The van der Waals surface area contributed by atoms with Crippen molar-refractivity contribution in [2.45, 2.75) is 52.3 Å². The van der Waals surface area contributed by atoms with E-state index < -0.39 is 5.60 Å². The molecule has 2 heterocycles. The van der Waals surface area contributed by atoms with E-state index in [0.29, 0.717) is 24.2 Å². The van der Waals surface area contributed by atoms with E-state index in [2.05, 4.69) is 14.9 Å². The Morgan fingerprint density at radius 2 is 1.81 bits per heavy atom. The molecule has 9 heteroatoms. The summed E-state index contributed by atoms with van der Waals surface area (Å²) in [6.07, 6.45) is 2.16. The van der Waals surface area contributed by atoms with E-state index in [1.54, 1.807) is 17.2 Å². The SMILES string of the molecule is CO.COc1ncc2c(N3CC(C)N(C(=O)OC(C)(C)C)C(C)C3)ccc(C=O)c2n1. The molecule has 1 fully saturated rings. The van der Waals surface area contributed by atoms with Crippen LogP contribution in [-0.4, -0.2) is 77.3 Å². The summed E-state index contributed by atoms with van der Waals surface area (Å²) in [5.41, 5.74) is 1.43. The number of carbonyl (C=O) groups excluding carboxylic acids is 2. The molecule has 31 heavy (non-hydrogen) atoms. The molecular formula is C22H32N4O5. The van der Waals surface area contributed by atoms with Crippen LogP contribution in [0.3, 0.4) is 0 Å². The third-order valence-electron chi connectivity index (χ3n) is 4.91. The predicted molar refractivity (Wildman–Crippen MR) is 119 cm³/mol. The van der Waals surface area contributed by atoms with Crippen molar-refractivity contribution in [3.05, 3.63) is 23.9 Å². The van der Waals surface area contributed by atoms with Gasteiger partial charge in [0.2, 0.25) is 0 Å². The number of aldehydes is 1. The molecule has 1 N–H and O–H groups in total. The number of fused-ring (bicyclic) bond motifs is 1. The minimum absolute atomic E-state index is 0.0476. The van der Waals surface area contributed by atoms with Crippen LogP contribution in [-0.2, 0) is 4.74 Å². The van der Waals surface area contributed by atoms with Crippen LogP contribution in [0.25, 0.3) is 10.9 Å². The molecular weight excluding hydrogens is 400 g/mol. The number of hydrogen-bond donors (Lipinski definition) is 1. The summed E-state index contributed by atoms with van der Waals surface area (Å²) in [6.45, 7) is 10.9. The third-order valence-corrected chi connectivity index (χ3v) is 4.91. The number of ether oxygens (including phenoxy) is 2. The average Bonchev–Trinajstić information content (AvgIpc) is 2.72. The Labute approximate surface area is 183 Å². The van der Waals surface area contributed by atoms with Crippen LogP contribution in [0.1, 0.15) is 45.0 Å². The summed E-state index contributed by atoms with van der Waals surface area (Å²) in [4.78, 5) is 36.7. The van der Waals surface area contributed by atoms with E-state index in [1.165, 1.54) is 7.11 Å². The largest absolute Gasteiger partial charge is 0.467 e. The van der Waals surface area contributed by atoms with Gasteiger partial charge in [-0.2, -0.15) is 4.98 Å². The van der Waals surface area contributed by atoms with Crippen molar-refractivity contribution in [3.8, 4) is 6.01 Å². The minimum atomic E-state index is -0.537. The highest BCUT2D eigenvalue weighted by molar-refractivity contribution is 6.01. The smallest absolute Gasteiger partial charge is 0.410 e. The fourth-order valence-electron chi connectivity index (χ4n) is 3.77. The van der Waals surface area contributed by atoms with Crippen molar-refractivity contribution in [1.82, 2.24) is 14.9 Å². The second kappa shape index (κ2) is 9.91. The van der Waals surface area contributed by atoms with Crippen LogP contribution in [0.15, 0.2) is 18.3 Å². The number of piperazine rings is 1. The van der Waals surface area contributed by atoms with E-state index in [-0.39, 0.29) is 24.2 Å². The first-order chi connectivity index (χ1) is 14.6. The zero-order valence-corrected chi connectivity index (χ0v) is 19.2. The lowest BCUT2D eigenvalue weighted by atomic mass is 10.0. The molecule has 9 nitrogen and oxygen atoms in total. The summed E-state index contributed by atoms with van der Waals surface area (Å²) >= 11 is 0. The molecule has 1 aliphatic rings. The van der Waals surface area contributed by atoms with Gasteiger partial charge in [-0.1, -0.05) is 0 Å². The first-order valence-electron chi connectivity index (χ1n) is 10.1. The number of aliphatic hydroxyl groups excluding tert-OH is 1. The topological polar surface area (TPSA) is 105 Å². The third kappa shape index (κ3) is 5.41. The molecule has 0 saturated carbocycles. The molecule has 1 aromatic heterocycles. The molecule has 3 rings (SSSR count). The molecule has 170 valence electrons. The molecule has 1 saturated heterocycles. The van der Waals surface area contributed by atoms with Gasteiger partial charge < -0.3 is 19.5 Å². The second-order valence-electron chi connectivity index (χ2n) is 8.40. The fourth-order valence-corrected chi connectivity index (χ4v) is 3.77. The lowest BCUT2D eigenvalue weighted by Crippen LogP contribution is -2.59. The fraction of sp³-hybridized carbons (Fsp3) is 0.545. The highest BCUT2D eigenvalue weighted by atomic mass is 16.6. The Hall–Kier alpha value is -2.94.